The molecule has 0 heterocycles. The van der Waals surface area contributed by atoms with Gasteiger partial charge in [0.2, 0.25) is 0 Å². The van der Waals surface area contributed by atoms with Crippen molar-refractivity contribution in [1.29, 1.82) is 0 Å². The zero-order chi connectivity index (χ0) is 5.54. The van der Waals surface area contributed by atoms with Gasteiger partial charge >= 0.3 is 0 Å². The second-order valence-corrected chi connectivity index (χ2v) is 1.67. The molecule has 0 bridgehead atoms. The third-order valence-electron chi connectivity index (χ3n) is 0.353. The van der Waals surface area contributed by atoms with Gasteiger partial charge in [0.1, 0.15) is 0 Å². The van der Waals surface area contributed by atoms with E-state index in [1.165, 1.54) is 11.8 Å². The number of hydrazone groups is 1. The first-order chi connectivity index (χ1) is 3.41. The second kappa shape index (κ2) is 5.78. The first kappa shape index (κ1) is 6.78. The Morgan fingerprint density at radius 2 is 2.71 bits per heavy atom. The highest BCUT2D eigenvalue weighted by atomic mass is 32.2. The number of hydrogen-bond acceptors (Lipinski definition) is 4. The normalized spacial score (nSPS) is 10.0. The zero-order valence-electron chi connectivity index (χ0n) is 4.22. The van der Waals surface area contributed by atoms with Gasteiger partial charge < -0.3 is 11.2 Å². The maximum Gasteiger partial charge on any atom is 0.0809 e. The average Bonchev–Trinajstić information content (AvgIpc) is 1.69. The maximum atomic E-state index is 5.11. The quantitative estimate of drug-likeness (QED) is 0.234. The van der Waals surface area contributed by atoms with E-state index in [2.05, 4.69) is 10.5 Å². The summed E-state index contributed by atoms with van der Waals surface area (Å²) >= 11 is 1.46. The van der Waals surface area contributed by atoms with E-state index in [-0.39, 0.29) is 0 Å². The lowest BCUT2D eigenvalue weighted by Gasteiger charge is -1.83. The second-order valence-electron chi connectivity index (χ2n) is 0.791. The molecule has 0 saturated carbocycles. The Morgan fingerprint density at radius 1 is 2.00 bits per heavy atom. The summed E-state index contributed by atoms with van der Waals surface area (Å²) in [5, 5.41) is 3.67. The van der Waals surface area contributed by atoms with E-state index in [1.807, 2.05) is 0 Å². The van der Waals surface area contributed by atoms with E-state index in [4.69, 9.17) is 5.73 Å². The Morgan fingerprint density at radius 3 is 3.14 bits per heavy atom. The molecule has 4 heteroatoms. The molecule has 0 amide bonds. The Labute approximate surface area is 47.3 Å². The molecule has 0 rings (SSSR count). The molecule has 0 aliphatic heterocycles. The van der Waals surface area contributed by atoms with E-state index >= 15 is 0 Å². The van der Waals surface area contributed by atoms with Gasteiger partial charge in [0, 0.05) is 12.9 Å². The van der Waals surface area contributed by atoms with Gasteiger partial charge in [0.25, 0.3) is 0 Å². The first-order valence-corrected chi connectivity index (χ1v) is 2.96. The highest BCUT2D eigenvalue weighted by Gasteiger charge is 1.67. The molecule has 0 aliphatic rings. The summed E-state index contributed by atoms with van der Waals surface area (Å²) in [6, 6.07) is 0. The van der Waals surface area contributed by atoms with Crippen LogP contribution in [0.3, 0.4) is 0 Å². The maximum absolute atomic E-state index is 5.11. The Balaban J connectivity index is 2.78. The summed E-state index contributed by atoms with van der Waals surface area (Å²) in [4.78, 5) is 0. The summed E-state index contributed by atoms with van der Waals surface area (Å²) in [5.74, 6) is 0.588. The summed E-state index contributed by atoms with van der Waals surface area (Å²) in [6.45, 7) is 0. The van der Waals surface area contributed by atoms with Crippen LogP contribution in [0, 0.1) is 0 Å². The fourth-order valence-corrected chi connectivity index (χ4v) is 0.399. The van der Waals surface area contributed by atoms with Crippen molar-refractivity contribution < 1.29 is 0 Å². The van der Waals surface area contributed by atoms with E-state index < -0.39 is 0 Å². The van der Waals surface area contributed by atoms with Crippen molar-refractivity contribution in [2.75, 3.05) is 12.9 Å². The van der Waals surface area contributed by atoms with E-state index in [0.29, 0.717) is 5.88 Å². The van der Waals surface area contributed by atoms with Gasteiger partial charge in [-0.15, -0.1) is 0 Å². The fourth-order valence-electron chi connectivity index (χ4n) is 0.133. The summed E-state index contributed by atoms with van der Waals surface area (Å²) in [7, 11) is 1.74. The van der Waals surface area contributed by atoms with Crippen LogP contribution in [-0.2, 0) is 0 Å². The van der Waals surface area contributed by atoms with Crippen molar-refractivity contribution in [3.05, 3.63) is 0 Å². The van der Waals surface area contributed by atoms with Crippen molar-refractivity contribution >= 4 is 17.3 Å². The van der Waals surface area contributed by atoms with E-state index in [9.17, 15) is 0 Å². The van der Waals surface area contributed by atoms with Crippen molar-refractivity contribution in [1.82, 2.24) is 5.43 Å². The molecule has 7 heavy (non-hydrogen) atoms. The van der Waals surface area contributed by atoms with Gasteiger partial charge in [-0.3, -0.25) is 0 Å². The van der Waals surface area contributed by atoms with Crippen molar-refractivity contribution in [3.8, 4) is 0 Å². The predicted molar refractivity (Wildman–Crippen MR) is 34.2 cm³/mol. The lowest BCUT2D eigenvalue weighted by Crippen LogP contribution is -1.95. The van der Waals surface area contributed by atoms with Crippen LogP contribution >= 0.6 is 11.8 Å². The minimum Gasteiger partial charge on any atom is -0.322 e. The number of nitrogens with one attached hydrogen (secondary N) is 1. The van der Waals surface area contributed by atoms with Gasteiger partial charge in [-0.2, -0.15) is 5.10 Å². The molecule has 0 atom stereocenters. The molecular formula is C3H9N3S. The van der Waals surface area contributed by atoms with Gasteiger partial charge in [-0.25, -0.2) is 0 Å². The third-order valence-corrected chi connectivity index (χ3v) is 0.799. The smallest absolute Gasteiger partial charge is 0.0809 e. The van der Waals surface area contributed by atoms with E-state index in [1.54, 1.807) is 12.6 Å². The summed E-state index contributed by atoms with van der Waals surface area (Å²) in [6.07, 6.45) is 0. The molecule has 0 fully saturated rings. The van der Waals surface area contributed by atoms with Crippen molar-refractivity contribution in [2.24, 2.45) is 10.8 Å². The molecule has 0 aromatic heterocycles. The molecule has 0 saturated heterocycles. The molecule has 3 nitrogen and oxygen atoms in total. The standard InChI is InChI=1S/C3H9N3S/c1-5-6-3-7-2-4/h3,5H,2,4H2,1H3/b6-3-. The zero-order valence-corrected chi connectivity index (χ0v) is 5.03. The van der Waals surface area contributed by atoms with Crippen LogP contribution in [-0.4, -0.2) is 18.5 Å². The molecule has 3 N–H and O–H groups in total. The van der Waals surface area contributed by atoms with Crippen LogP contribution in [0.4, 0.5) is 0 Å². The third kappa shape index (κ3) is 5.78. The molecule has 0 unspecified atom stereocenters. The van der Waals surface area contributed by atoms with Gasteiger partial charge in [-0.1, -0.05) is 11.8 Å². The molecule has 42 valence electrons. The fraction of sp³-hybridized carbons (Fsp3) is 0.667. The molecule has 0 aliphatic carbocycles. The number of nitrogens with zero attached hydrogens (tertiary/aromatic N) is 1. The molecule has 0 aromatic rings. The van der Waals surface area contributed by atoms with Gasteiger partial charge in [0.15, 0.2) is 0 Å². The van der Waals surface area contributed by atoms with Crippen LogP contribution in [0.5, 0.6) is 0 Å². The predicted octanol–water partition coefficient (Wildman–Crippen LogP) is -0.202. The Hall–Kier alpha value is -0.220. The Kier molecular flexibility index (Phi) is 5.60. The van der Waals surface area contributed by atoms with Crippen molar-refractivity contribution in [3.63, 3.8) is 0 Å². The highest BCUT2D eigenvalue weighted by Crippen LogP contribution is 1.84. The number of hydrogen-bond donors (Lipinski definition) is 2. The van der Waals surface area contributed by atoms with Gasteiger partial charge in [0.05, 0.1) is 5.55 Å². The monoisotopic (exact) mass is 119 g/mol. The minimum absolute atomic E-state index is 0.588. The van der Waals surface area contributed by atoms with Crippen molar-refractivity contribution in [2.45, 2.75) is 0 Å². The minimum atomic E-state index is 0.588. The molecular weight excluding hydrogens is 110 g/mol. The molecule has 0 radical (unpaired) electrons. The average molecular weight is 119 g/mol. The Bertz CT molecular complexity index is 54.1. The lowest BCUT2D eigenvalue weighted by atomic mass is 11.5. The molecule has 0 aromatic carbocycles. The van der Waals surface area contributed by atoms with Crippen LogP contribution in [0.25, 0.3) is 0 Å². The topological polar surface area (TPSA) is 50.4 Å². The van der Waals surface area contributed by atoms with Crippen LogP contribution < -0.4 is 11.2 Å². The van der Waals surface area contributed by atoms with Crippen LogP contribution in [0.1, 0.15) is 0 Å². The SMILES string of the molecule is CN/N=C\SCN. The summed E-state index contributed by atoms with van der Waals surface area (Å²) in [5.41, 5.74) is 9.38. The first-order valence-electron chi connectivity index (χ1n) is 1.91. The number of nitrogens with two attached hydrogens (primary N) is 1. The van der Waals surface area contributed by atoms with E-state index in [0.717, 1.165) is 0 Å². The van der Waals surface area contributed by atoms with Gasteiger partial charge in [-0.05, 0) is 0 Å². The van der Waals surface area contributed by atoms with Crippen LogP contribution in [0.15, 0.2) is 5.10 Å². The lowest BCUT2D eigenvalue weighted by molar-refractivity contribution is 0.911. The number of thioether (sulfide) groups is 1. The highest BCUT2D eigenvalue weighted by molar-refractivity contribution is 8.12. The number of rotatable bonds is 3. The molecule has 0 spiro atoms. The summed E-state index contributed by atoms with van der Waals surface area (Å²) < 4.78 is 0. The largest absolute Gasteiger partial charge is 0.322 e. The van der Waals surface area contributed by atoms with Crippen LogP contribution in [0.2, 0.25) is 0 Å².